The molecule has 5 nitrogen and oxygen atoms in total. The number of thioether (sulfide) groups is 1. The van der Waals surface area contributed by atoms with E-state index in [4.69, 9.17) is 21.6 Å². The van der Waals surface area contributed by atoms with Crippen LogP contribution >= 0.6 is 23.4 Å². The molecule has 0 aliphatic rings. The van der Waals surface area contributed by atoms with Crippen molar-refractivity contribution in [1.82, 2.24) is 9.55 Å². The van der Waals surface area contributed by atoms with Gasteiger partial charge in [-0.15, -0.1) is 0 Å². The van der Waals surface area contributed by atoms with Crippen LogP contribution in [0.4, 0.5) is 0 Å². The number of ether oxygens (including phenoxy) is 1. The second kappa shape index (κ2) is 7.81. The van der Waals surface area contributed by atoms with Gasteiger partial charge >= 0.3 is 0 Å². The molecule has 0 saturated carbocycles. The van der Waals surface area contributed by atoms with Gasteiger partial charge in [0.05, 0.1) is 29.8 Å². The molecule has 0 aliphatic carbocycles. The highest BCUT2D eigenvalue weighted by atomic mass is 35.5. The molecule has 0 atom stereocenters. The lowest BCUT2D eigenvalue weighted by atomic mass is 10.2. The van der Waals surface area contributed by atoms with Crippen LogP contribution in [0.15, 0.2) is 46.3 Å². The molecular weight excluding hydrogens is 370 g/mol. The smallest absolute Gasteiger partial charge is 0.266 e. The Morgan fingerprint density at radius 2 is 2.12 bits per heavy atom. The molecule has 7 heteroatoms. The standard InChI is InChI=1S/C19H16ClN3O2S/c1-12-10-16(17(25-2)11-14(12)20)23-18(24)13-6-3-4-7-15(13)22-19(23)26-9-5-8-21/h3-4,6-7,10-11H,5,9H2,1-2H3. The zero-order chi connectivity index (χ0) is 18.7. The maximum absolute atomic E-state index is 13.2. The zero-order valence-electron chi connectivity index (χ0n) is 14.3. The quantitative estimate of drug-likeness (QED) is 0.371. The van der Waals surface area contributed by atoms with E-state index in [9.17, 15) is 4.79 Å². The number of methoxy groups -OCH3 is 1. The minimum absolute atomic E-state index is 0.185. The first-order chi connectivity index (χ1) is 12.6. The van der Waals surface area contributed by atoms with Gasteiger partial charge in [-0.1, -0.05) is 35.5 Å². The number of hydrogen-bond donors (Lipinski definition) is 0. The van der Waals surface area contributed by atoms with Crippen LogP contribution < -0.4 is 10.3 Å². The summed E-state index contributed by atoms with van der Waals surface area (Å²) in [4.78, 5) is 17.8. The van der Waals surface area contributed by atoms with E-state index in [1.165, 1.54) is 23.4 Å². The third kappa shape index (κ3) is 3.41. The highest BCUT2D eigenvalue weighted by Crippen LogP contribution is 2.32. The largest absolute Gasteiger partial charge is 0.495 e. The minimum atomic E-state index is -0.185. The number of fused-ring (bicyclic) bond motifs is 1. The van der Waals surface area contributed by atoms with Gasteiger partial charge in [0.15, 0.2) is 5.16 Å². The molecule has 2 aromatic carbocycles. The van der Waals surface area contributed by atoms with Crippen LogP contribution in [0, 0.1) is 18.3 Å². The van der Waals surface area contributed by atoms with Gasteiger partial charge in [-0.25, -0.2) is 4.98 Å². The third-order valence-corrected chi connectivity index (χ3v) is 5.24. The Kier molecular flexibility index (Phi) is 5.50. The van der Waals surface area contributed by atoms with Crippen LogP contribution in [0.3, 0.4) is 0 Å². The second-order valence-corrected chi connectivity index (χ2v) is 7.05. The molecule has 26 heavy (non-hydrogen) atoms. The lowest BCUT2D eigenvalue weighted by molar-refractivity contribution is 0.411. The van der Waals surface area contributed by atoms with Crippen molar-refractivity contribution >= 4 is 34.3 Å². The Labute approximate surface area is 160 Å². The van der Waals surface area contributed by atoms with E-state index < -0.39 is 0 Å². The van der Waals surface area contributed by atoms with Gasteiger partial charge in [-0.2, -0.15) is 5.26 Å². The SMILES string of the molecule is COc1cc(Cl)c(C)cc1-n1c(SCCC#N)nc2ccccc2c1=O. The van der Waals surface area contributed by atoms with Crippen molar-refractivity contribution in [2.75, 3.05) is 12.9 Å². The summed E-state index contributed by atoms with van der Waals surface area (Å²) in [5.41, 5.74) is 1.85. The van der Waals surface area contributed by atoms with Gasteiger partial charge in [0, 0.05) is 23.3 Å². The topological polar surface area (TPSA) is 67.9 Å². The maximum atomic E-state index is 13.2. The molecule has 132 valence electrons. The van der Waals surface area contributed by atoms with E-state index in [-0.39, 0.29) is 5.56 Å². The molecule has 0 radical (unpaired) electrons. The fourth-order valence-corrected chi connectivity index (χ4v) is 3.60. The summed E-state index contributed by atoms with van der Waals surface area (Å²) in [6, 6.07) is 12.8. The maximum Gasteiger partial charge on any atom is 0.266 e. The predicted molar refractivity (Wildman–Crippen MR) is 105 cm³/mol. The lowest BCUT2D eigenvalue weighted by Gasteiger charge is -2.16. The molecule has 0 aliphatic heterocycles. The van der Waals surface area contributed by atoms with Crippen molar-refractivity contribution in [3.8, 4) is 17.5 Å². The molecule has 0 fully saturated rings. The molecule has 3 aromatic rings. The van der Waals surface area contributed by atoms with Crippen molar-refractivity contribution in [3.05, 3.63) is 57.3 Å². The highest BCUT2D eigenvalue weighted by molar-refractivity contribution is 7.99. The molecule has 0 N–H and O–H groups in total. The molecule has 0 bridgehead atoms. The first-order valence-corrected chi connectivity index (χ1v) is 9.29. The number of halogens is 1. The van der Waals surface area contributed by atoms with Crippen LogP contribution in [0.25, 0.3) is 16.6 Å². The average molecular weight is 386 g/mol. The summed E-state index contributed by atoms with van der Waals surface area (Å²) in [5.74, 6) is 1.03. The Morgan fingerprint density at radius 1 is 1.35 bits per heavy atom. The molecule has 0 spiro atoms. The molecule has 3 rings (SSSR count). The van der Waals surface area contributed by atoms with Gasteiger partial charge in [0.1, 0.15) is 5.75 Å². The lowest BCUT2D eigenvalue weighted by Crippen LogP contribution is -2.22. The number of rotatable bonds is 5. The van der Waals surface area contributed by atoms with E-state index in [0.717, 1.165) is 5.56 Å². The van der Waals surface area contributed by atoms with E-state index in [2.05, 4.69) is 11.1 Å². The van der Waals surface area contributed by atoms with Gasteiger partial charge in [-0.3, -0.25) is 9.36 Å². The van der Waals surface area contributed by atoms with Crippen LogP contribution in [0.2, 0.25) is 5.02 Å². The normalized spacial score (nSPS) is 10.7. The third-order valence-electron chi connectivity index (χ3n) is 3.89. The first kappa shape index (κ1) is 18.3. The highest BCUT2D eigenvalue weighted by Gasteiger charge is 2.17. The fraction of sp³-hybridized carbons (Fsp3) is 0.211. The van der Waals surface area contributed by atoms with E-state index in [1.807, 2.05) is 25.1 Å². The average Bonchev–Trinajstić information content (AvgIpc) is 2.64. The number of nitrogens with zero attached hydrogens (tertiary/aromatic N) is 3. The molecule has 1 heterocycles. The Balaban J connectivity index is 2.32. The van der Waals surface area contributed by atoms with Crippen LogP contribution in [0.5, 0.6) is 5.75 Å². The van der Waals surface area contributed by atoms with Gasteiger partial charge < -0.3 is 4.74 Å². The second-order valence-electron chi connectivity index (χ2n) is 5.58. The monoisotopic (exact) mass is 385 g/mol. The molecule has 0 saturated heterocycles. The number of aromatic nitrogens is 2. The predicted octanol–water partition coefficient (Wildman–Crippen LogP) is 4.36. The van der Waals surface area contributed by atoms with E-state index >= 15 is 0 Å². The van der Waals surface area contributed by atoms with Gasteiger partial charge in [-0.05, 0) is 30.7 Å². The summed E-state index contributed by atoms with van der Waals surface area (Å²) in [6.45, 7) is 1.87. The molecule has 0 unspecified atom stereocenters. The number of aryl methyl sites for hydroxylation is 1. The summed E-state index contributed by atoms with van der Waals surface area (Å²) >= 11 is 7.57. The summed E-state index contributed by atoms with van der Waals surface area (Å²) in [7, 11) is 1.53. The van der Waals surface area contributed by atoms with Crippen molar-refractivity contribution in [2.45, 2.75) is 18.5 Å². The van der Waals surface area contributed by atoms with Crippen molar-refractivity contribution in [3.63, 3.8) is 0 Å². The summed E-state index contributed by atoms with van der Waals surface area (Å²) in [5, 5.41) is 10.4. The molecular formula is C19H16ClN3O2S. The van der Waals surface area contributed by atoms with Crippen molar-refractivity contribution < 1.29 is 4.74 Å². The number of nitriles is 1. The van der Waals surface area contributed by atoms with E-state index in [1.54, 1.807) is 18.2 Å². The van der Waals surface area contributed by atoms with Crippen LogP contribution in [-0.2, 0) is 0 Å². The Hall–Kier alpha value is -2.49. The first-order valence-electron chi connectivity index (χ1n) is 7.93. The zero-order valence-corrected chi connectivity index (χ0v) is 15.9. The van der Waals surface area contributed by atoms with Crippen LogP contribution in [-0.4, -0.2) is 22.4 Å². The summed E-state index contributed by atoms with van der Waals surface area (Å²) < 4.78 is 6.98. The minimum Gasteiger partial charge on any atom is -0.495 e. The van der Waals surface area contributed by atoms with Crippen molar-refractivity contribution in [2.24, 2.45) is 0 Å². The Bertz CT molecular complexity index is 1070. The molecule has 1 aromatic heterocycles. The Morgan fingerprint density at radius 3 is 2.85 bits per heavy atom. The number of benzene rings is 2. The van der Waals surface area contributed by atoms with E-state index in [0.29, 0.717) is 44.7 Å². The number of para-hydroxylation sites is 1. The van der Waals surface area contributed by atoms with Crippen LogP contribution in [0.1, 0.15) is 12.0 Å². The van der Waals surface area contributed by atoms with Crippen molar-refractivity contribution in [1.29, 1.82) is 5.26 Å². The molecule has 0 amide bonds. The summed E-state index contributed by atoms with van der Waals surface area (Å²) in [6.07, 6.45) is 0.365. The van der Waals surface area contributed by atoms with Gasteiger partial charge in [0.25, 0.3) is 5.56 Å². The fourth-order valence-electron chi connectivity index (χ4n) is 2.60. The van der Waals surface area contributed by atoms with Gasteiger partial charge in [0.2, 0.25) is 0 Å². The number of hydrogen-bond acceptors (Lipinski definition) is 5.